The fourth-order valence-corrected chi connectivity index (χ4v) is 3.50. The van der Waals surface area contributed by atoms with Gasteiger partial charge in [0.2, 0.25) is 15.9 Å². The molecule has 0 spiro atoms. The van der Waals surface area contributed by atoms with E-state index in [4.69, 9.17) is 0 Å². The number of carbonyl (C=O) groups excluding carboxylic acids is 1. The zero-order chi connectivity index (χ0) is 13.2. The van der Waals surface area contributed by atoms with Crippen LogP contribution in [0.15, 0.2) is 0 Å². The number of likely N-dealkylation sites (N-methyl/N-ethyl adjacent to an activating group) is 1. The van der Waals surface area contributed by atoms with Crippen LogP contribution in [0.3, 0.4) is 0 Å². The summed E-state index contributed by atoms with van der Waals surface area (Å²) in [6.45, 7) is 2.86. The molecule has 0 bridgehead atoms. The van der Waals surface area contributed by atoms with Gasteiger partial charge in [0.05, 0.1) is 12.3 Å². The molecule has 6 nitrogen and oxygen atoms in total. The topological polar surface area (TPSA) is 69.7 Å². The third kappa shape index (κ3) is 3.66. The Morgan fingerprint density at radius 3 is 2.50 bits per heavy atom. The van der Waals surface area contributed by atoms with E-state index >= 15 is 0 Å². The van der Waals surface area contributed by atoms with E-state index < -0.39 is 10.0 Å². The summed E-state index contributed by atoms with van der Waals surface area (Å²) in [7, 11) is -1.76. The summed E-state index contributed by atoms with van der Waals surface area (Å²) in [5.41, 5.74) is 0. The number of hydrogen-bond donors (Lipinski definition) is 1. The maximum absolute atomic E-state index is 11.9. The average molecular weight is 275 g/mol. The molecule has 2 rings (SSSR count). The minimum Gasteiger partial charge on any atom is -0.339 e. The monoisotopic (exact) mass is 275 g/mol. The van der Waals surface area contributed by atoms with E-state index in [0.29, 0.717) is 19.0 Å². The number of nitrogens with one attached hydrogen (secondary N) is 1. The number of hydrogen-bond acceptors (Lipinski definition) is 4. The lowest BCUT2D eigenvalue weighted by molar-refractivity contribution is -0.131. The van der Waals surface area contributed by atoms with Gasteiger partial charge in [-0.15, -0.1) is 0 Å². The highest BCUT2D eigenvalue weighted by Gasteiger charge is 2.31. The van der Waals surface area contributed by atoms with Crippen LogP contribution in [-0.2, 0) is 14.8 Å². The molecule has 2 aliphatic rings. The summed E-state index contributed by atoms with van der Waals surface area (Å²) in [4.78, 5) is 13.7. The quantitative estimate of drug-likeness (QED) is 0.705. The summed E-state index contributed by atoms with van der Waals surface area (Å²) in [6, 6.07) is 0. The van der Waals surface area contributed by atoms with E-state index in [1.807, 2.05) is 0 Å². The summed E-state index contributed by atoms with van der Waals surface area (Å²) in [6.07, 6.45) is 2.00. The van der Waals surface area contributed by atoms with Crippen molar-refractivity contribution in [1.29, 1.82) is 0 Å². The Morgan fingerprint density at radius 1 is 1.33 bits per heavy atom. The van der Waals surface area contributed by atoms with Gasteiger partial charge < -0.3 is 10.2 Å². The average Bonchev–Trinajstić information content (AvgIpc) is 3.13. The standard InChI is InChI=1S/C11H21N3O3S/c1-13(18(16,17)9-10-2-3-10)8-11(15)14-6-4-12-5-7-14/h10,12H,2-9H2,1H3. The molecular formula is C11H21N3O3S. The first kappa shape index (κ1) is 13.8. The van der Waals surface area contributed by atoms with Gasteiger partial charge >= 0.3 is 0 Å². The van der Waals surface area contributed by atoms with Crippen LogP contribution in [-0.4, -0.2) is 69.1 Å². The highest BCUT2D eigenvalue weighted by Crippen LogP contribution is 2.30. The number of carbonyl (C=O) groups is 1. The van der Waals surface area contributed by atoms with E-state index in [2.05, 4.69) is 5.32 Å². The van der Waals surface area contributed by atoms with Gasteiger partial charge in [-0.3, -0.25) is 4.79 Å². The largest absolute Gasteiger partial charge is 0.339 e. The maximum atomic E-state index is 11.9. The lowest BCUT2D eigenvalue weighted by atomic mass is 10.3. The fraction of sp³-hybridized carbons (Fsp3) is 0.909. The van der Waals surface area contributed by atoms with Crippen molar-refractivity contribution in [3.8, 4) is 0 Å². The molecule has 0 aromatic carbocycles. The molecule has 1 aliphatic heterocycles. The van der Waals surface area contributed by atoms with Crippen molar-refractivity contribution in [1.82, 2.24) is 14.5 Å². The molecule has 7 heteroatoms. The second-order valence-electron chi connectivity index (χ2n) is 5.11. The molecule has 1 amide bonds. The van der Waals surface area contributed by atoms with Crippen molar-refractivity contribution in [3.05, 3.63) is 0 Å². The Morgan fingerprint density at radius 2 is 1.94 bits per heavy atom. The zero-order valence-electron chi connectivity index (χ0n) is 10.8. The van der Waals surface area contributed by atoms with Crippen molar-refractivity contribution >= 4 is 15.9 Å². The third-order valence-corrected chi connectivity index (χ3v) is 5.42. The van der Waals surface area contributed by atoms with Gasteiger partial charge in [-0.1, -0.05) is 0 Å². The molecule has 0 radical (unpaired) electrons. The second kappa shape index (κ2) is 5.54. The van der Waals surface area contributed by atoms with Crippen molar-refractivity contribution in [2.24, 2.45) is 5.92 Å². The third-order valence-electron chi connectivity index (χ3n) is 3.45. The smallest absolute Gasteiger partial charge is 0.237 e. The van der Waals surface area contributed by atoms with E-state index in [-0.39, 0.29) is 18.2 Å². The fourth-order valence-electron chi connectivity index (χ4n) is 2.01. The second-order valence-corrected chi connectivity index (χ2v) is 7.23. The summed E-state index contributed by atoms with van der Waals surface area (Å²) in [5, 5.41) is 3.16. The molecule has 1 aliphatic carbocycles. The van der Waals surface area contributed by atoms with Crippen molar-refractivity contribution < 1.29 is 13.2 Å². The Labute approximate surface area is 108 Å². The lowest BCUT2D eigenvalue weighted by Crippen LogP contribution is -2.50. The van der Waals surface area contributed by atoms with E-state index in [1.165, 1.54) is 11.4 Å². The summed E-state index contributed by atoms with van der Waals surface area (Å²) in [5.74, 6) is 0.406. The van der Waals surface area contributed by atoms with Crippen LogP contribution in [0.1, 0.15) is 12.8 Å². The van der Waals surface area contributed by atoms with Crippen molar-refractivity contribution in [2.45, 2.75) is 12.8 Å². The molecule has 2 fully saturated rings. The number of piperazine rings is 1. The SMILES string of the molecule is CN(CC(=O)N1CCNCC1)S(=O)(=O)CC1CC1. The molecule has 0 unspecified atom stereocenters. The molecule has 0 atom stereocenters. The number of nitrogens with zero attached hydrogens (tertiary/aromatic N) is 2. The van der Waals surface area contributed by atoms with Crippen LogP contribution in [0.4, 0.5) is 0 Å². The van der Waals surface area contributed by atoms with Gasteiger partial charge in [0, 0.05) is 33.2 Å². The van der Waals surface area contributed by atoms with Gasteiger partial charge in [-0.05, 0) is 18.8 Å². The van der Waals surface area contributed by atoms with E-state index in [1.54, 1.807) is 4.90 Å². The Kier molecular flexibility index (Phi) is 4.24. The Balaban J connectivity index is 1.85. The van der Waals surface area contributed by atoms with Crippen molar-refractivity contribution in [3.63, 3.8) is 0 Å². The molecule has 18 heavy (non-hydrogen) atoms. The molecule has 1 saturated heterocycles. The van der Waals surface area contributed by atoms with Gasteiger partial charge in [0.25, 0.3) is 0 Å². The normalized spacial score (nSPS) is 21.3. The summed E-state index contributed by atoms with van der Waals surface area (Å²) < 4.78 is 25.1. The molecule has 104 valence electrons. The van der Waals surface area contributed by atoms with Crippen molar-refractivity contribution in [2.75, 3.05) is 45.5 Å². The number of sulfonamides is 1. The Bertz CT molecular complexity index is 400. The van der Waals surface area contributed by atoms with Gasteiger partial charge in [0.15, 0.2) is 0 Å². The maximum Gasteiger partial charge on any atom is 0.237 e. The first-order valence-electron chi connectivity index (χ1n) is 6.41. The lowest BCUT2D eigenvalue weighted by Gasteiger charge is -2.29. The molecule has 1 saturated carbocycles. The van der Waals surface area contributed by atoms with E-state index in [9.17, 15) is 13.2 Å². The van der Waals surface area contributed by atoms with Crippen LogP contribution in [0.2, 0.25) is 0 Å². The molecule has 0 aromatic heterocycles. The predicted molar refractivity (Wildman–Crippen MR) is 68.6 cm³/mol. The van der Waals surface area contributed by atoms with Gasteiger partial charge in [0.1, 0.15) is 0 Å². The highest BCUT2D eigenvalue weighted by atomic mass is 32.2. The van der Waals surface area contributed by atoms with Gasteiger partial charge in [-0.25, -0.2) is 8.42 Å². The van der Waals surface area contributed by atoms with Crippen LogP contribution >= 0.6 is 0 Å². The minimum atomic E-state index is -3.26. The zero-order valence-corrected chi connectivity index (χ0v) is 11.6. The first-order valence-corrected chi connectivity index (χ1v) is 8.02. The first-order chi connectivity index (χ1) is 8.49. The molecular weight excluding hydrogens is 254 g/mol. The van der Waals surface area contributed by atoms with Crippen LogP contribution in [0.25, 0.3) is 0 Å². The van der Waals surface area contributed by atoms with Crippen LogP contribution < -0.4 is 5.32 Å². The van der Waals surface area contributed by atoms with Crippen LogP contribution in [0, 0.1) is 5.92 Å². The highest BCUT2D eigenvalue weighted by molar-refractivity contribution is 7.89. The molecule has 1 N–H and O–H groups in total. The van der Waals surface area contributed by atoms with E-state index in [0.717, 1.165) is 25.9 Å². The van der Waals surface area contributed by atoms with Gasteiger partial charge in [-0.2, -0.15) is 4.31 Å². The molecule has 1 heterocycles. The van der Waals surface area contributed by atoms with Crippen LogP contribution in [0.5, 0.6) is 0 Å². The Hall–Kier alpha value is -0.660. The number of rotatable bonds is 5. The number of amides is 1. The molecule has 0 aromatic rings. The predicted octanol–water partition coefficient (Wildman–Crippen LogP) is -0.910. The minimum absolute atomic E-state index is 0.0327. The summed E-state index contributed by atoms with van der Waals surface area (Å²) >= 11 is 0.